The molecule has 0 atom stereocenters. The molecule has 0 spiro atoms. The van der Waals surface area contributed by atoms with Crippen LogP contribution >= 0.6 is 0 Å². The molecule has 124 valence electrons. The fourth-order valence-electron chi connectivity index (χ4n) is 2.96. The Morgan fingerprint density at radius 1 is 0.773 bits per heavy atom. The Morgan fingerprint density at radius 3 is 1.45 bits per heavy atom. The van der Waals surface area contributed by atoms with Crippen LogP contribution in [0.15, 0.2) is 12.1 Å². The molecule has 0 saturated carbocycles. The van der Waals surface area contributed by atoms with Crippen molar-refractivity contribution in [2.75, 3.05) is 0 Å². The van der Waals surface area contributed by atoms with Gasteiger partial charge in [0.25, 0.3) is 0 Å². The van der Waals surface area contributed by atoms with E-state index in [9.17, 15) is 9.90 Å². The molecule has 1 rings (SSSR count). The average Bonchev–Trinajstić information content (AvgIpc) is 2.23. The number of carboxylic acid groups (broad SMARTS) is 1. The molecule has 0 unspecified atom stereocenters. The van der Waals surface area contributed by atoms with E-state index < -0.39 is 5.97 Å². The third kappa shape index (κ3) is 4.37. The van der Waals surface area contributed by atoms with E-state index in [0.717, 1.165) is 5.56 Å². The molecule has 0 bridgehead atoms. The molecule has 1 aromatic rings. The summed E-state index contributed by atoms with van der Waals surface area (Å²) < 4.78 is 0. The highest BCUT2D eigenvalue weighted by Gasteiger charge is 2.34. The summed E-state index contributed by atoms with van der Waals surface area (Å²) in [4.78, 5) is 11.7. The van der Waals surface area contributed by atoms with E-state index in [-0.39, 0.29) is 33.6 Å². The maximum Gasteiger partial charge on any atom is 0.335 e. The fourth-order valence-corrected chi connectivity index (χ4v) is 2.96. The van der Waals surface area contributed by atoms with Gasteiger partial charge in [0.2, 0.25) is 0 Å². The van der Waals surface area contributed by atoms with Gasteiger partial charge in [-0.3, -0.25) is 0 Å². The fraction of sp³-hybridized carbons (Fsp3) is 0.632. The molecule has 0 aromatic heterocycles. The van der Waals surface area contributed by atoms with Gasteiger partial charge in [0.05, 0.1) is 5.56 Å². The van der Waals surface area contributed by atoms with Crippen molar-refractivity contribution in [2.24, 2.45) is 0 Å². The maximum atomic E-state index is 11.7. The Balaban J connectivity index is 0.00000441. The molecule has 0 radical (unpaired) electrons. The predicted molar refractivity (Wildman–Crippen MR) is 99.4 cm³/mol. The summed E-state index contributed by atoms with van der Waals surface area (Å²) in [6.45, 7) is 19.3. The summed E-state index contributed by atoms with van der Waals surface area (Å²) in [7, 11) is 0. The van der Waals surface area contributed by atoms with Crippen LogP contribution in [0, 0.1) is 0 Å². The van der Waals surface area contributed by atoms with Gasteiger partial charge in [-0.25, -0.2) is 4.79 Å². The monoisotopic (exact) mass is 320 g/mol. The first kappa shape index (κ1) is 21.2. The van der Waals surface area contributed by atoms with Crippen LogP contribution in [0.25, 0.3) is 0 Å². The Kier molecular flexibility index (Phi) is 6.15. The lowest BCUT2D eigenvalue weighted by molar-refractivity contribution is 0.0693. The van der Waals surface area contributed by atoms with Gasteiger partial charge < -0.3 is 5.11 Å². The van der Waals surface area contributed by atoms with E-state index in [1.165, 1.54) is 11.1 Å². The average molecular weight is 320 g/mol. The minimum absolute atomic E-state index is 0. The summed E-state index contributed by atoms with van der Waals surface area (Å²) >= 11 is 0. The van der Waals surface area contributed by atoms with E-state index in [4.69, 9.17) is 0 Å². The molecule has 0 aliphatic heterocycles. The van der Waals surface area contributed by atoms with Crippen LogP contribution in [0.1, 0.15) is 89.4 Å². The van der Waals surface area contributed by atoms with E-state index in [1.54, 1.807) is 6.07 Å². The molecular formula is C19H33AlO2. The van der Waals surface area contributed by atoms with Gasteiger partial charge in [0, 0.05) is 0 Å². The molecule has 3 heteroatoms. The summed E-state index contributed by atoms with van der Waals surface area (Å²) in [6, 6.07) is 3.78. The standard InChI is InChI=1S/C19H30O2.Al.3H/c1-17(2,3)13-11-10-12(16(20)21)14(18(4,5)6)15(13)19(7,8)9;;;;/h10-11H,1-9H3,(H,20,21);;;;. The lowest BCUT2D eigenvalue weighted by atomic mass is 9.67. The molecule has 0 aliphatic carbocycles. The topological polar surface area (TPSA) is 37.3 Å². The number of benzene rings is 1. The van der Waals surface area contributed by atoms with Gasteiger partial charge in [-0.05, 0) is 39.0 Å². The summed E-state index contributed by atoms with van der Waals surface area (Å²) in [5.41, 5.74) is 3.50. The zero-order valence-corrected chi connectivity index (χ0v) is 15.0. The van der Waals surface area contributed by atoms with Gasteiger partial charge in [0.15, 0.2) is 17.4 Å². The van der Waals surface area contributed by atoms with Crippen LogP contribution in [-0.4, -0.2) is 28.4 Å². The second-order valence-corrected chi connectivity index (χ2v) is 8.97. The second kappa shape index (κ2) is 6.38. The summed E-state index contributed by atoms with van der Waals surface area (Å²) in [5.74, 6) is -0.842. The van der Waals surface area contributed by atoms with Crippen LogP contribution in [0.3, 0.4) is 0 Å². The van der Waals surface area contributed by atoms with Crippen LogP contribution in [-0.2, 0) is 16.2 Å². The van der Waals surface area contributed by atoms with Crippen molar-refractivity contribution in [3.8, 4) is 0 Å². The Morgan fingerprint density at radius 2 is 1.18 bits per heavy atom. The van der Waals surface area contributed by atoms with Crippen molar-refractivity contribution in [3.05, 3.63) is 34.4 Å². The predicted octanol–water partition coefficient (Wildman–Crippen LogP) is 4.09. The molecule has 1 N–H and O–H groups in total. The van der Waals surface area contributed by atoms with E-state index in [0.29, 0.717) is 5.56 Å². The van der Waals surface area contributed by atoms with Crippen LogP contribution < -0.4 is 0 Å². The highest BCUT2D eigenvalue weighted by atomic mass is 27.0. The minimum atomic E-state index is -0.842. The normalized spacial score (nSPS) is 12.8. The highest BCUT2D eigenvalue weighted by Crippen LogP contribution is 2.42. The van der Waals surface area contributed by atoms with E-state index in [2.05, 4.69) is 62.3 Å². The minimum Gasteiger partial charge on any atom is -0.478 e. The smallest absolute Gasteiger partial charge is 0.335 e. The number of hydrogen-bond donors (Lipinski definition) is 1. The second-order valence-electron chi connectivity index (χ2n) is 8.97. The van der Waals surface area contributed by atoms with Crippen LogP contribution in [0.5, 0.6) is 0 Å². The van der Waals surface area contributed by atoms with Crippen molar-refractivity contribution in [1.29, 1.82) is 0 Å². The largest absolute Gasteiger partial charge is 0.478 e. The van der Waals surface area contributed by atoms with Gasteiger partial charge >= 0.3 is 5.97 Å². The van der Waals surface area contributed by atoms with Crippen molar-refractivity contribution < 1.29 is 9.90 Å². The van der Waals surface area contributed by atoms with E-state index in [1.807, 2.05) is 6.07 Å². The first-order valence-electron chi connectivity index (χ1n) is 7.59. The molecule has 0 fully saturated rings. The molecule has 0 amide bonds. The highest BCUT2D eigenvalue weighted by molar-refractivity contribution is 5.90. The summed E-state index contributed by atoms with van der Waals surface area (Å²) in [6.07, 6.45) is 0. The van der Waals surface area contributed by atoms with Gasteiger partial charge in [-0.2, -0.15) is 0 Å². The molecule has 0 saturated heterocycles. The number of carboxylic acids is 1. The van der Waals surface area contributed by atoms with Crippen molar-refractivity contribution >= 4 is 23.3 Å². The lowest BCUT2D eigenvalue weighted by Crippen LogP contribution is -2.30. The maximum absolute atomic E-state index is 11.7. The third-order valence-electron chi connectivity index (χ3n) is 3.74. The Labute approximate surface area is 146 Å². The number of aromatic carboxylic acids is 1. The van der Waals surface area contributed by atoms with Crippen LogP contribution in [0.4, 0.5) is 0 Å². The molecule has 0 heterocycles. The number of hydrogen-bond acceptors (Lipinski definition) is 1. The van der Waals surface area contributed by atoms with Gasteiger partial charge in [0.1, 0.15) is 0 Å². The van der Waals surface area contributed by atoms with Gasteiger partial charge in [-0.1, -0.05) is 68.4 Å². The zero-order valence-electron chi connectivity index (χ0n) is 15.0. The molecule has 1 aromatic carbocycles. The first-order valence-corrected chi connectivity index (χ1v) is 7.59. The lowest BCUT2D eigenvalue weighted by Gasteiger charge is -2.37. The zero-order chi connectivity index (χ0) is 16.8. The summed E-state index contributed by atoms with van der Waals surface area (Å²) in [5, 5.41) is 9.61. The first-order chi connectivity index (χ1) is 9.17. The Bertz CT molecular complexity index is 553. The van der Waals surface area contributed by atoms with Crippen LogP contribution in [0.2, 0.25) is 0 Å². The number of rotatable bonds is 1. The molecule has 0 aliphatic rings. The molecular weight excluding hydrogens is 287 g/mol. The van der Waals surface area contributed by atoms with Crippen molar-refractivity contribution in [1.82, 2.24) is 0 Å². The van der Waals surface area contributed by atoms with Crippen molar-refractivity contribution in [3.63, 3.8) is 0 Å². The van der Waals surface area contributed by atoms with Crippen molar-refractivity contribution in [2.45, 2.75) is 78.6 Å². The van der Waals surface area contributed by atoms with Gasteiger partial charge in [-0.15, -0.1) is 0 Å². The molecule has 2 nitrogen and oxygen atoms in total. The molecule has 22 heavy (non-hydrogen) atoms. The number of carbonyl (C=O) groups is 1. The van der Waals surface area contributed by atoms with E-state index >= 15 is 0 Å². The third-order valence-corrected chi connectivity index (χ3v) is 3.74. The SMILES string of the molecule is CC(C)(C)c1ccc(C(=O)O)c(C(C)(C)C)c1C(C)(C)C.[AlH3]. The Hall–Kier alpha value is -0.778. The quantitative estimate of drug-likeness (QED) is 0.791.